The van der Waals surface area contributed by atoms with Crippen LogP contribution in [-0.4, -0.2) is 0 Å². The number of allylic oxidation sites excluding steroid dienone is 8. The Morgan fingerprint density at radius 3 is 2.37 bits per heavy atom. The molecule has 0 bridgehead atoms. The summed E-state index contributed by atoms with van der Waals surface area (Å²) in [6.07, 6.45) is 17.8. The molecule has 1 aliphatic rings. The van der Waals surface area contributed by atoms with E-state index < -0.39 is 0 Å². The van der Waals surface area contributed by atoms with Crippen molar-refractivity contribution in [2.45, 2.75) is 66.7 Å². The van der Waals surface area contributed by atoms with Gasteiger partial charge in [0.1, 0.15) is 0 Å². The third-order valence-electron chi connectivity index (χ3n) is 3.75. The predicted molar refractivity (Wildman–Crippen MR) is 87.3 cm³/mol. The molecule has 0 aromatic heterocycles. The summed E-state index contributed by atoms with van der Waals surface area (Å²) < 4.78 is 0. The first-order valence-electron chi connectivity index (χ1n) is 7.55. The highest BCUT2D eigenvalue weighted by molar-refractivity contribution is 5.23. The Bertz CT molecular complexity index is 396. The molecule has 0 amide bonds. The zero-order valence-electron chi connectivity index (χ0n) is 13.4. The molecule has 0 heteroatoms. The van der Waals surface area contributed by atoms with Gasteiger partial charge in [-0.2, -0.15) is 0 Å². The summed E-state index contributed by atoms with van der Waals surface area (Å²) >= 11 is 0. The minimum Gasteiger partial charge on any atom is -0.0859 e. The molecule has 0 spiro atoms. The lowest BCUT2D eigenvalue weighted by atomic mass is 9.75. The molecule has 1 aliphatic carbocycles. The molecule has 0 saturated heterocycles. The molecule has 0 nitrogen and oxygen atoms in total. The van der Waals surface area contributed by atoms with Crippen molar-refractivity contribution in [3.05, 3.63) is 47.1 Å². The first-order valence-corrected chi connectivity index (χ1v) is 7.55. The van der Waals surface area contributed by atoms with E-state index in [0.717, 1.165) is 0 Å². The molecule has 0 fully saturated rings. The van der Waals surface area contributed by atoms with E-state index in [0.29, 0.717) is 5.41 Å². The van der Waals surface area contributed by atoms with E-state index in [4.69, 9.17) is 0 Å². The summed E-state index contributed by atoms with van der Waals surface area (Å²) in [6, 6.07) is 0. The maximum atomic E-state index is 2.40. The van der Waals surface area contributed by atoms with Gasteiger partial charge in [0.2, 0.25) is 0 Å². The minimum atomic E-state index is 0.362. The zero-order valence-corrected chi connectivity index (χ0v) is 13.4. The van der Waals surface area contributed by atoms with Crippen LogP contribution in [0.3, 0.4) is 0 Å². The summed E-state index contributed by atoms with van der Waals surface area (Å²) in [4.78, 5) is 0. The normalized spacial score (nSPS) is 21.8. The van der Waals surface area contributed by atoms with E-state index >= 15 is 0 Å². The molecule has 0 aromatic rings. The fraction of sp³-hybridized carbons (Fsp3) is 0.579. The van der Waals surface area contributed by atoms with Gasteiger partial charge >= 0.3 is 0 Å². The summed E-state index contributed by atoms with van der Waals surface area (Å²) in [5.74, 6) is 0. The molecule has 0 N–H and O–H groups in total. The van der Waals surface area contributed by atoms with Crippen molar-refractivity contribution in [3.8, 4) is 0 Å². The Morgan fingerprint density at radius 1 is 1.11 bits per heavy atom. The van der Waals surface area contributed by atoms with Crippen molar-refractivity contribution in [1.29, 1.82) is 0 Å². The largest absolute Gasteiger partial charge is 0.0859 e. The molecule has 0 aromatic carbocycles. The summed E-state index contributed by atoms with van der Waals surface area (Å²) in [6.45, 7) is 11.1. The second kappa shape index (κ2) is 7.53. The van der Waals surface area contributed by atoms with Gasteiger partial charge in [0, 0.05) is 0 Å². The molecular weight excluding hydrogens is 228 g/mol. The van der Waals surface area contributed by atoms with Crippen molar-refractivity contribution in [1.82, 2.24) is 0 Å². The van der Waals surface area contributed by atoms with Crippen LogP contribution in [-0.2, 0) is 0 Å². The molecule has 19 heavy (non-hydrogen) atoms. The first kappa shape index (κ1) is 16.0. The van der Waals surface area contributed by atoms with Crippen LogP contribution < -0.4 is 0 Å². The molecule has 0 saturated carbocycles. The van der Waals surface area contributed by atoms with E-state index in [-0.39, 0.29) is 0 Å². The molecule has 0 radical (unpaired) electrons. The van der Waals surface area contributed by atoms with Crippen LogP contribution in [0.5, 0.6) is 0 Å². The average Bonchev–Trinajstić information content (AvgIpc) is 2.27. The van der Waals surface area contributed by atoms with Crippen molar-refractivity contribution in [3.63, 3.8) is 0 Å². The zero-order chi connectivity index (χ0) is 14.3. The van der Waals surface area contributed by atoms with Crippen LogP contribution in [0.15, 0.2) is 47.1 Å². The van der Waals surface area contributed by atoms with Gasteiger partial charge in [-0.05, 0) is 65.2 Å². The van der Waals surface area contributed by atoms with Crippen molar-refractivity contribution in [2.24, 2.45) is 5.41 Å². The fourth-order valence-electron chi connectivity index (χ4n) is 2.63. The van der Waals surface area contributed by atoms with E-state index in [2.05, 4.69) is 65.0 Å². The standard InChI is InChI=1S/C19H30/c1-16(2)9-6-11-18-12-8-14-19(5,15-18)13-7-10-17(3)4/h8-10,12,14H,6-7,11,13,15H2,1-5H3. The van der Waals surface area contributed by atoms with E-state index in [1.165, 1.54) is 43.3 Å². The Kier molecular flexibility index (Phi) is 6.34. The lowest BCUT2D eigenvalue weighted by Crippen LogP contribution is -2.16. The summed E-state index contributed by atoms with van der Waals surface area (Å²) in [5.41, 5.74) is 4.83. The molecule has 0 heterocycles. The van der Waals surface area contributed by atoms with Gasteiger partial charge < -0.3 is 0 Å². The molecular formula is C19H30. The van der Waals surface area contributed by atoms with Gasteiger partial charge in [-0.3, -0.25) is 0 Å². The quantitative estimate of drug-likeness (QED) is 0.485. The van der Waals surface area contributed by atoms with Crippen molar-refractivity contribution in [2.75, 3.05) is 0 Å². The molecule has 1 unspecified atom stereocenters. The number of hydrogen-bond acceptors (Lipinski definition) is 0. The predicted octanol–water partition coefficient (Wildman–Crippen LogP) is 6.37. The molecule has 106 valence electrons. The first-order chi connectivity index (χ1) is 8.91. The highest BCUT2D eigenvalue weighted by atomic mass is 14.3. The minimum absolute atomic E-state index is 0.362. The van der Waals surface area contributed by atoms with E-state index in [9.17, 15) is 0 Å². The summed E-state index contributed by atoms with van der Waals surface area (Å²) in [7, 11) is 0. The Hall–Kier alpha value is -1.04. The van der Waals surface area contributed by atoms with Crippen LogP contribution in [0.4, 0.5) is 0 Å². The van der Waals surface area contributed by atoms with Gasteiger partial charge in [-0.15, -0.1) is 0 Å². The van der Waals surface area contributed by atoms with Gasteiger partial charge in [0.25, 0.3) is 0 Å². The van der Waals surface area contributed by atoms with Crippen molar-refractivity contribution < 1.29 is 0 Å². The van der Waals surface area contributed by atoms with Gasteiger partial charge in [0.05, 0.1) is 0 Å². The third kappa shape index (κ3) is 6.61. The van der Waals surface area contributed by atoms with Crippen LogP contribution in [0, 0.1) is 5.41 Å². The second-order valence-electron chi connectivity index (χ2n) is 6.66. The second-order valence-corrected chi connectivity index (χ2v) is 6.66. The molecule has 1 rings (SSSR count). The third-order valence-corrected chi connectivity index (χ3v) is 3.75. The SMILES string of the molecule is CC(C)=CCCC1=CC=CC(C)(CCC=C(C)C)C1. The Balaban J connectivity index is 2.48. The molecule has 1 atom stereocenters. The highest BCUT2D eigenvalue weighted by Gasteiger charge is 2.23. The van der Waals surface area contributed by atoms with Gasteiger partial charge in [0.15, 0.2) is 0 Å². The maximum absolute atomic E-state index is 2.40. The van der Waals surface area contributed by atoms with E-state index in [1.54, 1.807) is 5.57 Å². The lowest BCUT2D eigenvalue weighted by molar-refractivity contribution is 0.382. The van der Waals surface area contributed by atoms with Gasteiger partial charge in [-0.1, -0.05) is 54.0 Å². The fourth-order valence-corrected chi connectivity index (χ4v) is 2.63. The van der Waals surface area contributed by atoms with Crippen LogP contribution in [0.2, 0.25) is 0 Å². The maximum Gasteiger partial charge on any atom is -0.0103 e. The summed E-state index contributed by atoms with van der Waals surface area (Å²) in [5, 5.41) is 0. The topological polar surface area (TPSA) is 0 Å². The monoisotopic (exact) mass is 258 g/mol. The number of rotatable bonds is 6. The Labute approximate surface area is 120 Å². The lowest BCUT2D eigenvalue weighted by Gasteiger charge is -2.29. The number of hydrogen-bond donors (Lipinski definition) is 0. The average molecular weight is 258 g/mol. The molecule has 0 aliphatic heterocycles. The smallest absolute Gasteiger partial charge is 0.0103 e. The van der Waals surface area contributed by atoms with E-state index in [1.807, 2.05) is 0 Å². The van der Waals surface area contributed by atoms with Crippen LogP contribution in [0.25, 0.3) is 0 Å². The Morgan fingerprint density at radius 2 is 1.74 bits per heavy atom. The van der Waals surface area contributed by atoms with Gasteiger partial charge in [-0.25, -0.2) is 0 Å². The van der Waals surface area contributed by atoms with Crippen LogP contribution >= 0.6 is 0 Å². The van der Waals surface area contributed by atoms with Crippen LogP contribution in [0.1, 0.15) is 66.7 Å². The highest BCUT2D eigenvalue weighted by Crippen LogP contribution is 2.37. The van der Waals surface area contributed by atoms with Crippen molar-refractivity contribution >= 4 is 0 Å².